The van der Waals surface area contributed by atoms with Gasteiger partial charge < -0.3 is 19.7 Å². The minimum absolute atomic E-state index is 0.187. The molecule has 4 fully saturated rings. The van der Waals surface area contributed by atoms with E-state index in [-0.39, 0.29) is 23.7 Å². The molecule has 1 aliphatic carbocycles. The Morgan fingerprint density at radius 1 is 1.30 bits per heavy atom. The average molecular weight is 508 g/mol. The van der Waals surface area contributed by atoms with Crippen molar-refractivity contribution in [1.82, 2.24) is 19.9 Å². The van der Waals surface area contributed by atoms with Crippen molar-refractivity contribution in [2.75, 3.05) is 24.6 Å². The summed E-state index contributed by atoms with van der Waals surface area (Å²) >= 11 is 0. The average Bonchev–Trinajstić information content (AvgIpc) is 3.55. The van der Waals surface area contributed by atoms with E-state index in [1.54, 1.807) is 12.1 Å². The molecule has 0 spiro atoms. The number of benzene rings is 1. The second kappa shape index (κ2) is 8.68. The van der Waals surface area contributed by atoms with Crippen LogP contribution in [0.4, 0.5) is 14.9 Å². The number of rotatable bonds is 4. The Kier molecular flexibility index (Phi) is 5.67. The smallest absolute Gasteiger partial charge is 0.407 e. The quantitative estimate of drug-likeness (QED) is 0.552. The number of halogens is 1. The minimum Gasteiger partial charge on any atom is -0.444 e. The highest BCUT2D eigenvalue weighted by Gasteiger charge is 2.65. The number of nitrogens with one attached hydrogen (secondary N) is 1. The first-order valence-corrected chi connectivity index (χ1v) is 13.1. The Hall–Kier alpha value is -3.20. The van der Waals surface area contributed by atoms with Crippen LogP contribution in [0.3, 0.4) is 0 Å². The summed E-state index contributed by atoms with van der Waals surface area (Å²) in [5, 5.41) is 7.86. The second-order valence-corrected chi connectivity index (χ2v) is 11.7. The zero-order valence-electron chi connectivity index (χ0n) is 21.8. The van der Waals surface area contributed by atoms with Crippen LogP contribution in [0.1, 0.15) is 62.9 Å². The highest BCUT2D eigenvalue weighted by Crippen LogP contribution is 2.54. The highest BCUT2D eigenvalue weighted by molar-refractivity contribution is 5.69. The van der Waals surface area contributed by atoms with Crippen molar-refractivity contribution in [3.8, 4) is 0 Å². The van der Waals surface area contributed by atoms with Gasteiger partial charge in [-0.2, -0.15) is 0 Å². The maximum absolute atomic E-state index is 13.8. The predicted molar refractivity (Wildman–Crippen MR) is 137 cm³/mol. The van der Waals surface area contributed by atoms with Crippen LogP contribution < -0.4 is 10.2 Å². The van der Waals surface area contributed by atoms with E-state index in [0.717, 1.165) is 54.8 Å². The first-order valence-electron chi connectivity index (χ1n) is 13.1. The Balaban J connectivity index is 1.25. The summed E-state index contributed by atoms with van der Waals surface area (Å²) in [6, 6.07) is 8.89. The largest absolute Gasteiger partial charge is 0.444 e. The van der Waals surface area contributed by atoms with Gasteiger partial charge in [-0.3, -0.25) is 0 Å². The molecule has 1 saturated carbocycles. The fraction of sp³-hybridized carbons (Fsp3) is 0.536. The Bertz CT molecular complexity index is 1350. The van der Waals surface area contributed by atoms with Crippen molar-refractivity contribution < 1.29 is 18.7 Å². The highest BCUT2D eigenvalue weighted by atomic mass is 19.1. The van der Waals surface area contributed by atoms with Crippen molar-refractivity contribution in [3.63, 3.8) is 0 Å². The molecule has 4 unspecified atom stereocenters. The molecule has 1 amide bonds. The molecule has 2 aromatic heterocycles. The number of aromatic nitrogens is 3. The molecular weight excluding hydrogens is 473 g/mol. The summed E-state index contributed by atoms with van der Waals surface area (Å²) in [6.45, 7) is 9.91. The van der Waals surface area contributed by atoms with Crippen LogP contribution in [0.25, 0.3) is 5.65 Å². The molecule has 2 bridgehead atoms. The summed E-state index contributed by atoms with van der Waals surface area (Å²) in [4.78, 5) is 19.7. The number of aryl methyl sites for hydroxylation is 1. The number of anilines is 1. The van der Waals surface area contributed by atoms with Crippen LogP contribution in [0, 0.1) is 18.7 Å². The summed E-state index contributed by atoms with van der Waals surface area (Å²) in [5.74, 6) is 0.917. The summed E-state index contributed by atoms with van der Waals surface area (Å²) < 4.78 is 27.3. The van der Waals surface area contributed by atoms with Gasteiger partial charge in [-0.25, -0.2) is 18.7 Å². The van der Waals surface area contributed by atoms with Crippen LogP contribution in [-0.2, 0) is 15.1 Å². The van der Waals surface area contributed by atoms with E-state index < -0.39 is 17.3 Å². The van der Waals surface area contributed by atoms with Crippen LogP contribution in [-0.4, -0.2) is 52.0 Å². The SMILES string of the molecule is Cc1cc(N2CCCC(c3cccc(F)c3)C2)cn2nc(C34CC(CO3)C4NC(=O)OC(C)(C)C)nc12. The zero-order valence-corrected chi connectivity index (χ0v) is 21.8. The lowest BCUT2D eigenvalue weighted by atomic mass is 9.69. The topological polar surface area (TPSA) is 81.0 Å². The zero-order chi connectivity index (χ0) is 25.9. The molecule has 5 heterocycles. The van der Waals surface area contributed by atoms with Gasteiger partial charge in [-0.1, -0.05) is 12.1 Å². The summed E-state index contributed by atoms with van der Waals surface area (Å²) in [6.07, 6.45) is 4.43. The maximum atomic E-state index is 13.8. The van der Waals surface area contributed by atoms with E-state index in [9.17, 15) is 9.18 Å². The number of hydrogen-bond acceptors (Lipinski definition) is 6. The number of ether oxygens (including phenoxy) is 2. The lowest BCUT2D eigenvalue weighted by Crippen LogP contribution is -2.60. The van der Waals surface area contributed by atoms with Gasteiger partial charge in [0, 0.05) is 24.9 Å². The molecule has 1 N–H and O–H groups in total. The van der Waals surface area contributed by atoms with Gasteiger partial charge in [-0.05, 0) is 76.3 Å². The molecule has 0 radical (unpaired) electrons. The third kappa shape index (κ3) is 4.33. The number of piperidine rings is 1. The molecule has 7 rings (SSSR count). The number of amides is 1. The minimum atomic E-state index is -0.728. The van der Waals surface area contributed by atoms with Gasteiger partial charge in [0.05, 0.1) is 24.5 Å². The molecular formula is C28H34FN5O3. The van der Waals surface area contributed by atoms with Gasteiger partial charge >= 0.3 is 6.09 Å². The third-order valence-electron chi connectivity index (χ3n) is 7.85. The number of alkyl carbamates (subject to hydrolysis) is 1. The van der Waals surface area contributed by atoms with E-state index in [1.165, 1.54) is 6.07 Å². The van der Waals surface area contributed by atoms with Crippen molar-refractivity contribution in [3.05, 3.63) is 59.3 Å². The molecule has 3 saturated heterocycles. The molecule has 4 aliphatic rings. The van der Waals surface area contributed by atoms with Gasteiger partial charge in [0.1, 0.15) is 11.4 Å². The lowest BCUT2D eigenvalue weighted by molar-refractivity contribution is -0.0448. The van der Waals surface area contributed by atoms with Crippen LogP contribution in [0.2, 0.25) is 0 Å². The molecule has 196 valence electrons. The second-order valence-electron chi connectivity index (χ2n) is 11.7. The Morgan fingerprint density at radius 3 is 2.89 bits per heavy atom. The summed E-state index contributed by atoms with van der Waals surface area (Å²) in [5.41, 5.74) is 2.62. The number of nitrogens with zero attached hydrogens (tertiary/aromatic N) is 4. The Morgan fingerprint density at radius 2 is 2.14 bits per heavy atom. The standard InChI is InChI=1S/C28H34FN5O3/c1-17-11-22(33-10-6-8-19(14-33)18-7-5-9-21(29)12-18)15-34-24(17)31-25(32-34)28-13-20(16-36-28)23(28)30-26(35)37-27(2,3)4/h5,7,9,11-12,15,19-20,23H,6,8,10,13-14,16H2,1-4H3,(H,30,35). The first kappa shape index (κ1) is 24.2. The van der Waals surface area contributed by atoms with Gasteiger partial charge in [0.15, 0.2) is 17.1 Å². The summed E-state index contributed by atoms with van der Waals surface area (Å²) in [7, 11) is 0. The molecule has 4 atom stereocenters. The van der Waals surface area contributed by atoms with E-state index in [1.807, 2.05) is 44.5 Å². The van der Waals surface area contributed by atoms with Crippen LogP contribution in [0.15, 0.2) is 36.5 Å². The number of pyridine rings is 1. The molecule has 1 aromatic carbocycles. The normalized spacial score (nSPS) is 27.3. The molecule has 9 heteroatoms. The van der Waals surface area contributed by atoms with Crippen molar-refractivity contribution in [2.45, 2.75) is 70.1 Å². The van der Waals surface area contributed by atoms with E-state index in [2.05, 4.69) is 16.3 Å². The van der Waals surface area contributed by atoms with Crippen molar-refractivity contribution in [2.24, 2.45) is 5.92 Å². The van der Waals surface area contributed by atoms with Gasteiger partial charge in [0.25, 0.3) is 0 Å². The molecule has 3 aromatic rings. The lowest BCUT2D eigenvalue weighted by Gasteiger charge is -2.43. The Labute approximate surface area is 216 Å². The number of fused-ring (bicyclic) bond motifs is 2. The molecule has 3 aliphatic heterocycles. The van der Waals surface area contributed by atoms with E-state index in [4.69, 9.17) is 19.6 Å². The fourth-order valence-corrected chi connectivity index (χ4v) is 6.11. The number of hydrogen-bond donors (Lipinski definition) is 1. The molecule has 37 heavy (non-hydrogen) atoms. The van der Waals surface area contributed by atoms with Gasteiger partial charge in [-0.15, -0.1) is 5.10 Å². The van der Waals surface area contributed by atoms with E-state index in [0.29, 0.717) is 12.4 Å². The monoisotopic (exact) mass is 507 g/mol. The predicted octanol–water partition coefficient (Wildman–Crippen LogP) is 4.70. The van der Waals surface area contributed by atoms with E-state index >= 15 is 0 Å². The van der Waals surface area contributed by atoms with Crippen molar-refractivity contribution >= 4 is 17.4 Å². The molecule has 8 nitrogen and oxygen atoms in total. The number of carbonyl (C=O) groups is 1. The first-order chi connectivity index (χ1) is 17.6. The number of carbonyl (C=O) groups excluding carboxylic acids is 1. The van der Waals surface area contributed by atoms with Crippen LogP contribution >= 0.6 is 0 Å². The van der Waals surface area contributed by atoms with Gasteiger partial charge in [0.2, 0.25) is 0 Å². The van der Waals surface area contributed by atoms with Crippen LogP contribution in [0.5, 0.6) is 0 Å². The van der Waals surface area contributed by atoms with Crippen molar-refractivity contribution in [1.29, 1.82) is 0 Å². The third-order valence-corrected chi connectivity index (χ3v) is 7.85. The fourth-order valence-electron chi connectivity index (χ4n) is 6.11. The maximum Gasteiger partial charge on any atom is 0.407 e.